The van der Waals surface area contributed by atoms with Gasteiger partial charge in [-0.05, 0) is 6.16 Å². The summed E-state index contributed by atoms with van der Waals surface area (Å²) < 4.78 is 0. The van der Waals surface area contributed by atoms with Gasteiger partial charge in [-0.2, -0.15) is 0 Å². The molecule has 0 aromatic rings. The molecule has 0 unspecified atom stereocenters. The normalized spacial score (nSPS) is 5.00. The second-order valence-electron chi connectivity index (χ2n) is 0.769. The number of carbonyl (C=O) groups excluding carboxylic acids is 2. The van der Waals surface area contributed by atoms with E-state index in [4.69, 9.17) is 15.0 Å². The predicted molar refractivity (Wildman–Crippen MR) is 25.1 cm³/mol. The van der Waals surface area contributed by atoms with Crippen LogP contribution in [0.2, 0.25) is 0 Å². The summed E-state index contributed by atoms with van der Waals surface area (Å²) in [4.78, 5) is 17.6. The van der Waals surface area contributed by atoms with E-state index in [-0.39, 0.29) is 108 Å². The summed E-state index contributed by atoms with van der Waals surface area (Å²) in [6.07, 6.45) is -2.33. The fourth-order valence-electron chi connectivity index (χ4n) is 0. The zero-order valence-electron chi connectivity index (χ0n) is 6.08. The minimum atomic E-state index is -2.33. The molecule has 10 heavy (non-hydrogen) atoms. The van der Waals surface area contributed by atoms with Crippen LogP contribution in [0.1, 0.15) is 6.92 Å². The molecule has 0 N–H and O–H groups in total. The van der Waals surface area contributed by atoms with Gasteiger partial charge in [0.15, 0.2) is 5.12 Å². The molecule has 4 nitrogen and oxygen atoms in total. The first-order valence-electron chi connectivity index (χ1n) is 1.54. The minimum absolute atomic E-state index is 0. The first kappa shape index (κ1) is 22.9. The van der Waals surface area contributed by atoms with Crippen LogP contribution in [0.25, 0.3) is 0 Å². The van der Waals surface area contributed by atoms with Crippen LogP contribution in [0.4, 0.5) is 4.79 Å². The van der Waals surface area contributed by atoms with E-state index in [2.05, 4.69) is 12.6 Å². The molecule has 0 aliphatic heterocycles. The van der Waals surface area contributed by atoms with Gasteiger partial charge < -0.3 is 15.0 Å². The number of thiol groups is 1. The van der Waals surface area contributed by atoms with Gasteiger partial charge in [0.05, 0.1) is 0 Å². The molecule has 0 saturated carbocycles. The number of hydrogen-bond acceptors (Lipinski definition) is 4. The van der Waals surface area contributed by atoms with Gasteiger partial charge in [0.1, 0.15) is 0 Å². The standard InChI is InChI=1S/C2H4OS.CH2O3.2K/c1-2(3)4;2-1(3)4;;/h1H3,(H,3,4);(H2,2,3,4);;/q;;2*+1/p-2. The van der Waals surface area contributed by atoms with Crippen LogP contribution in [0.15, 0.2) is 0 Å². The first-order chi connectivity index (χ1) is 3.46. The Hall–Kier alpha value is 2.56. The Kier molecular flexibility index (Phi) is 40.3. The van der Waals surface area contributed by atoms with Crippen LogP contribution < -0.4 is 113 Å². The SMILES string of the molecule is CC(=O)S.O=C([O-])[O-].[K+].[K+]. The Labute approximate surface area is 149 Å². The Bertz CT molecular complexity index is 76.5. The van der Waals surface area contributed by atoms with Crippen molar-refractivity contribution in [3.8, 4) is 0 Å². The summed E-state index contributed by atoms with van der Waals surface area (Å²) in [5, 5.41) is 16.5. The molecule has 0 aromatic carbocycles. The van der Waals surface area contributed by atoms with Crippen LogP contribution in [0.3, 0.4) is 0 Å². The van der Waals surface area contributed by atoms with Gasteiger partial charge in [-0.3, -0.25) is 4.79 Å². The molecule has 48 valence electrons. The van der Waals surface area contributed by atoms with Crippen molar-refractivity contribution in [3.63, 3.8) is 0 Å². The van der Waals surface area contributed by atoms with Gasteiger partial charge in [-0.1, -0.05) is 0 Å². The van der Waals surface area contributed by atoms with Crippen molar-refractivity contribution in [3.05, 3.63) is 0 Å². The number of rotatable bonds is 0. The topological polar surface area (TPSA) is 80.3 Å². The molecule has 0 aromatic heterocycles. The van der Waals surface area contributed by atoms with Gasteiger partial charge in [0, 0.05) is 6.92 Å². The molecule has 0 fully saturated rings. The van der Waals surface area contributed by atoms with Crippen LogP contribution in [0, 0.1) is 0 Å². The molecule has 0 aliphatic rings. The monoisotopic (exact) mass is 214 g/mol. The number of carbonyl (C=O) groups is 2. The molecule has 0 heterocycles. The molecule has 0 spiro atoms. The van der Waals surface area contributed by atoms with Crippen LogP contribution in [-0.2, 0) is 4.79 Å². The molecule has 0 bridgehead atoms. The van der Waals surface area contributed by atoms with Crippen molar-refractivity contribution in [2.75, 3.05) is 0 Å². The van der Waals surface area contributed by atoms with Crippen LogP contribution >= 0.6 is 12.6 Å². The average molecular weight is 214 g/mol. The first-order valence-corrected chi connectivity index (χ1v) is 1.99. The molecular weight excluding hydrogens is 210 g/mol. The summed E-state index contributed by atoms with van der Waals surface area (Å²) in [7, 11) is 0. The third-order valence-corrected chi connectivity index (χ3v) is 0. The third-order valence-electron chi connectivity index (χ3n) is 0. The molecule has 0 radical (unpaired) electrons. The maximum Gasteiger partial charge on any atom is 1.00 e. The van der Waals surface area contributed by atoms with Gasteiger partial charge >= 0.3 is 103 Å². The summed E-state index contributed by atoms with van der Waals surface area (Å²) in [6, 6.07) is 0. The van der Waals surface area contributed by atoms with Crippen LogP contribution in [-0.4, -0.2) is 11.3 Å². The van der Waals surface area contributed by atoms with E-state index in [1.807, 2.05) is 0 Å². The smallest absolute Gasteiger partial charge is 0.652 e. The van der Waals surface area contributed by atoms with Crippen LogP contribution in [0.5, 0.6) is 0 Å². The van der Waals surface area contributed by atoms with E-state index in [1.54, 1.807) is 0 Å². The van der Waals surface area contributed by atoms with Crippen molar-refractivity contribution >= 4 is 23.9 Å². The van der Waals surface area contributed by atoms with Gasteiger partial charge in [-0.25, -0.2) is 0 Å². The average Bonchev–Trinajstić information content (AvgIpc) is 1.25. The fourth-order valence-corrected chi connectivity index (χ4v) is 0. The molecule has 0 amide bonds. The summed E-state index contributed by atoms with van der Waals surface area (Å²) in [6.45, 7) is 1.39. The van der Waals surface area contributed by atoms with Gasteiger partial charge in [-0.15, -0.1) is 12.6 Å². The Morgan fingerprint density at radius 1 is 1.20 bits per heavy atom. The maximum absolute atomic E-state index is 9.31. The van der Waals surface area contributed by atoms with Crippen molar-refractivity contribution in [2.24, 2.45) is 0 Å². The largest absolute Gasteiger partial charge is 1.00 e. The van der Waals surface area contributed by atoms with E-state index in [0.29, 0.717) is 0 Å². The second kappa shape index (κ2) is 17.6. The molecule has 0 rings (SSSR count). The minimum Gasteiger partial charge on any atom is -0.652 e. The predicted octanol–water partition coefficient (Wildman–Crippen LogP) is -7.98. The number of hydrogen-bond donors (Lipinski definition) is 1. The summed E-state index contributed by atoms with van der Waals surface area (Å²) in [5.41, 5.74) is 0. The quantitative estimate of drug-likeness (QED) is 0.321. The molecule has 0 aliphatic carbocycles. The van der Waals surface area contributed by atoms with Crippen molar-refractivity contribution < 1.29 is 123 Å². The maximum atomic E-state index is 9.31. The van der Waals surface area contributed by atoms with Gasteiger partial charge in [0.25, 0.3) is 0 Å². The van der Waals surface area contributed by atoms with E-state index in [0.717, 1.165) is 0 Å². The second-order valence-corrected chi connectivity index (χ2v) is 1.40. The summed E-state index contributed by atoms with van der Waals surface area (Å²) >= 11 is 3.33. The zero-order chi connectivity index (χ0) is 7.15. The van der Waals surface area contributed by atoms with E-state index in [1.165, 1.54) is 6.92 Å². The van der Waals surface area contributed by atoms with Crippen molar-refractivity contribution in [1.82, 2.24) is 0 Å². The summed E-state index contributed by atoms with van der Waals surface area (Å²) in [5.74, 6) is 0. The fraction of sp³-hybridized carbons (Fsp3) is 0.333. The Morgan fingerprint density at radius 2 is 1.20 bits per heavy atom. The Balaban J connectivity index is -0.0000000300. The molecular formula is C3H4K2O4S. The third kappa shape index (κ3) is 147. The van der Waals surface area contributed by atoms with Crippen molar-refractivity contribution in [1.29, 1.82) is 0 Å². The van der Waals surface area contributed by atoms with Crippen molar-refractivity contribution in [2.45, 2.75) is 6.92 Å². The van der Waals surface area contributed by atoms with E-state index in [9.17, 15) is 4.79 Å². The molecule has 7 heteroatoms. The molecule has 0 saturated heterocycles. The van der Waals surface area contributed by atoms with E-state index < -0.39 is 6.16 Å². The number of carboxylic acid groups (broad SMARTS) is 2. The zero-order valence-corrected chi connectivity index (χ0v) is 13.2. The Morgan fingerprint density at radius 3 is 1.20 bits per heavy atom. The van der Waals surface area contributed by atoms with Gasteiger partial charge in [0.2, 0.25) is 0 Å². The van der Waals surface area contributed by atoms with E-state index >= 15 is 0 Å². The molecule has 0 atom stereocenters.